The molecule has 0 amide bonds. The molecule has 4 nitrogen and oxygen atoms in total. The molecule has 1 aromatic carbocycles. The molecule has 33 heavy (non-hydrogen) atoms. The van der Waals surface area contributed by atoms with Crippen LogP contribution >= 0.6 is 19.5 Å². The lowest BCUT2D eigenvalue weighted by Gasteiger charge is -2.20. The Morgan fingerprint density at radius 3 is 2.45 bits per heavy atom. The molecule has 4 rings (SSSR count). The van der Waals surface area contributed by atoms with Crippen LogP contribution < -0.4 is 10.8 Å². The first-order valence-corrected chi connectivity index (χ1v) is 12.8. The Hall–Kier alpha value is -2.76. The first-order chi connectivity index (χ1) is 15.7. The topological polar surface area (TPSA) is 50.7 Å². The number of anilines is 1. The van der Waals surface area contributed by atoms with Crippen molar-refractivity contribution in [2.75, 3.05) is 18.6 Å². The number of hydrogen-bond acceptors (Lipinski definition) is 4. The van der Waals surface area contributed by atoms with E-state index in [9.17, 15) is 13.2 Å². The minimum Gasteiger partial charge on any atom is -0.375 e. The number of fused-ring (bicyclic) bond motifs is 1. The van der Waals surface area contributed by atoms with E-state index in [-0.39, 0.29) is 24.2 Å². The van der Waals surface area contributed by atoms with Crippen molar-refractivity contribution in [3.8, 4) is 11.3 Å². The van der Waals surface area contributed by atoms with Gasteiger partial charge in [0.05, 0.1) is 33.4 Å². The van der Waals surface area contributed by atoms with Gasteiger partial charge in [0.25, 0.3) is 0 Å². The molecule has 9 heteroatoms. The van der Waals surface area contributed by atoms with Crippen LogP contribution in [-0.2, 0) is 0 Å². The van der Waals surface area contributed by atoms with E-state index in [0.29, 0.717) is 28.0 Å². The summed E-state index contributed by atoms with van der Waals surface area (Å²) in [7, 11) is -0.383. The van der Waals surface area contributed by atoms with E-state index in [4.69, 9.17) is 11.6 Å². The fourth-order valence-corrected chi connectivity index (χ4v) is 4.38. The number of aromatic nitrogens is 3. The number of nitrogens with zero attached hydrogens (tertiary/aromatic N) is 3. The summed E-state index contributed by atoms with van der Waals surface area (Å²) in [6.07, 6.45) is 1.59. The normalized spacial score (nSPS) is 12.4. The third-order valence-electron chi connectivity index (χ3n) is 5.31. The van der Waals surface area contributed by atoms with Gasteiger partial charge in [-0.3, -0.25) is 4.98 Å². The summed E-state index contributed by atoms with van der Waals surface area (Å²) in [6.45, 7) is 7.53. The van der Waals surface area contributed by atoms with Gasteiger partial charge in [0.15, 0.2) is 17.5 Å². The van der Waals surface area contributed by atoms with Crippen molar-refractivity contribution in [3.63, 3.8) is 0 Å². The zero-order valence-corrected chi connectivity index (χ0v) is 20.1. The van der Waals surface area contributed by atoms with Gasteiger partial charge in [0.2, 0.25) is 0 Å². The van der Waals surface area contributed by atoms with Gasteiger partial charge >= 0.3 is 0 Å². The monoisotopic (exact) mass is 488 g/mol. The van der Waals surface area contributed by atoms with E-state index < -0.39 is 23.5 Å². The average molecular weight is 489 g/mol. The summed E-state index contributed by atoms with van der Waals surface area (Å²) in [4.78, 5) is 13.3. The molecule has 0 radical (unpaired) electrons. The smallest absolute Gasteiger partial charge is 0.164 e. The van der Waals surface area contributed by atoms with Crippen LogP contribution in [-0.4, -0.2) is 28.3 Å². The molecule has 0 saturated heterocycles. The SMILES string of the molecule is Cc1nc2cc(F)c(-c3ccc(P(C)C)nc3)nc2c(NC(C)c2cccc(F)c2F)c1Cl. The van der Waals surface area contributed by atoms with Crippen LogP contribution in [0.5, 0.6) is 0 Å². The van der Waals surface area contributed by atoms with Crippen molar-refractivity contribution in [1.29, 1.82) is 0 Å². The highest BCUT2D eigenvalue weighted by Gasteiger charge is 2.21. The van der Waals surface area contributed by atoms with Crippen molar-refractivity contribution in [3.05, 3.63) is 76.3 Å². The number of rotatable bonds is 5. The van der Waals surface area contributed by atoms with Crippen LogP contribution in [0, 0.1) is 24.4 Å². The molecule has 0 bridgehead atoms. The minimum absolute atomic E-state index is 0.104. The highest BCUT2D eigenvalue weighted by molar-refractivity contribution is 7.63. The first-order valence-electron chi connectivity index (χ1n) is 10.2. The van der Waals surface area contributed by atoms with E-state index in [2.05, 4.69) is 33.6 Å². The maximum Gasteiger partial charge on any atom is 0.164 e. The highest BCUT2D eigenvalue weighted by Crippen LogP contribution is 2.36. The predicted octanol–water partition coefficient (Wildman–Crippen LogP) is 6.61. The number of halogens is 4. The summed E-state index contributed by atoms with van der Waals surface area (Å²) < 4.78 is 43.1. The van der Waals surface area contributed by atoms with Gasteiger partial charge in [-0.15, -0.1) is 0 Å². The van der Waals surface area contributed by atoms with Crippen molar-refractivity contribution in [1.82, 2.24) is 15.0 Å². The average Bonchev–Trinajstić information content (AvgIpc) is 2.78. The quantitative estimate of drug-likeness (QED) is 0.321. The lowest BCUT2D eigenvalue weighted by molar-refractivity contribution is 0.495. The number of nitrogens with one attached hydrogen (secondary N) is 1. The lowest BCUT2D eigenvalue weighted by Crippen LogP contribution is -2.12. The summed E-state index contributed by atoms with van der Waals surface area (Å²) in [5.41, 5.74) is 3.14. The Kier molecular flexibility index (Phi) is 6.55. The van der Waals surface area contributed by atoms with Crippen LogP contribution in [0.2, 0.25) is 5.02 Å². The second-order valence-corrected chi connectivity index (χ2v) is 10.5. The van der Waals surface area contributed by atoms with Gasteiger partial charge in [-0.05, 0) is 45.4 Å². The molecule has 1 atom stereocenters. The molecule has 0 aliphatic carbocycles. The fourth-order valence-electron chi connectivity index (χ4n) is 3.54. The van der Waals surface area contributed by atoms with Crippen LogP contribution in [0.4, 0.5) is 18.9 Å². The number of pyridine rings is 3. The second kappa shape index (κ2) is 9.24. The lowest BCUT2D eigenvalue weighted by atomic mass is 10.1. The van der Waals surface area contributed by atoms with Gasteiger partial charge in [0, 0.05) is 23.4 Å². The minimum atomic E-state index is -0.943. The zero-order valence-electron chi connectivity index (χ0n) is 18.4. The molecule has 0 spiro atoms. The molecule has 3 heterocycles. The molecule has 0 saturated carbocycles. The molecule has 170 valence electrons. The Morgan fingerprint density at radius 2 is 1.79 bits per heavy atom. The molecule has 0 fully saturated rings. The van der Waals surface area contributed by atoms with Crippen molar-refractivity contribution >= 4 is 41.7 Å². The Bertz CT molecular complexity index is 1350. The third-order valence-corrected chi connectivity index (χ3v) is 6.95. The van der Waals surface area contributed by atoms with Crippen LogP contribution in [0.15, 0.2) is 42.6 Å². The standard InChI is InChI=1S/C24H21ClF3N4P/c1-12(15-6-5-7-16(26)21(15)28)31-24-20(25)13(2)30-18-10-17(27)22(32-23(18)24)14-8-9-19(29-11-14)33(3)4/h5-12H,1-4H3,(H,30,31). The molecular weight excluding hydrogens is 468 g/mol. The molecule has 1 N–H and O–H groups in total. The van der Waals surface area contributed by atoms with Crippen LogP contribution in [0.1, 0.15) is 24.2 Å². The van der Waals surface area contributed by atoms with Crippen molar-refractivity contribution in [2.45, 2.75) is 19.9 Å². The Morgan fingerprint density at radius 1 is 1.03 bits per heavy atom. The van der Waals surface area contributed by atoms with Gasteiger partial charge in [0.1, 0.15) is 11.2 Å². The maximum atomic E-state index is 15.0. The summed E-state index contributed by atoms with van der Waals surface area (Å²) >= 11 is 6.53. The zero-order chi connectivity index (χ0) is 23.9. The molecular formula is C24H21ClF3N4P. The van der Waals surface area contributed by atoms with Crippen molar-refractivity contribution in [2.24, 2.45) is 0 Å². The fraction of sp³-hybridized carbons (Fsp3) is 0.208. The Labute approximate surface area is 196 Å². The highest BCUT2D eigenvalue weighted by atomic mass is 35.5. The molecule has 0 aliphatic rings. The summed E-state index contributed by atoms with van der Waals surface area (Å²) in [6, 6.07) is 8.27. The van der Waals surface area contributed by atoms with Crippen molar-refractivity contribution < 1.29 is 13.2 Å². The predicted molar refractivity (Wildman–Crippen MR) is 129 cm³/mol. The first kappa shape index (κ1) is 23.4. The number of benzene rings is 1. The molecule has 1 unspecified atom stereocenters. The van der Waals surface area contributed by atoms with E-state index in [1.54, 1.807) is 26.1 Å². The molecule has 4 aromatic rings. The summed E-state index contributed by atoms with van der Waals surface area (Å²) in [5, 5.41) is 3.39. The van der Waals surface area contributed by atoms with Crippen LogP contribution in [0.3, 0.4) is 0 Å². The molecule has 0 aliphatic heterocycles. The largest absolute Gasteiger partial charge is 0.375 e. The van der Waals surface area contributed by atoms with E-state index >= 15 is 0 Å². The Balaban J connectivity index is 1.84. The van der Waals surface area contributed by atoms with E-state index in [1.807, 2.05) is 6.07 Å². The van der Waals surface area contributed by atoms with Gasteiger partial charge in [-0.25, -0.2) is 23.1 Å². The maximum absolute atomic E-state index is 15.0. The number of hydrogen-bond donors (Lipinski definition) is 1. The molecule has 3 aromatic heterocycles. The van der Waals surface area contributed by atoms with Gasteiger partial charge in [-0.2, -0.15) is 0 Å². The third kappa shape index (κ3) is 4.53. The van der Waals surface area contributed by atoms with Gasteiger partial charge in [-0.1, -0.05) is 31.7 Å². The van der Waals surface area contributed by atoms with Crippen LogP contribution in [0.25, 0.3) is 22.3 Å². The van der Waals surface area contributed by atoms with Gasteiger partial charge < -0.3 is 5.32 Å². The number of aryl methyl sites for hydroxylation is 1. The summed E-state index contributed by atoms with van der Waals surface area (Å²) in [5.74, 6) is -2.43. The van der Waals surface area contributed by atoms with E-state index in [1.165, 1.54) is 18.2 Å². The van der Waals surface area contributed by atoms with E-state index in [0.717, 1.165) is 11.5 Å². The second-order valence-electron chi connectivity index (χ2n) is 7.88.